The number of nitrogens with zero attached hydrogens (tertiary/aromatic N) is 2. The number of benzene rings is 2. The summed E-state index contributed by atoms with van der Waals surface area (Å²) in [6.07, 6.45) is 0.710. The number of aliphatic hydroxyl groups excluding tert-OH is 1. The summed E-state index contributed by atoms with van der Waals surface area (Å²) < 4.78 is 6.75. The van der Waals surface area contributed by atoms with Gasteiger partial charge in [0.2, 0.25) is 5.91 Å². The molecule has 3 aromatic rings. The summed E-state index contributed by atoms with van der Waals surface area (Å²) in [5.41, 5.74) is 0.416. The lowest BCUT2D eigenvalue weighted by Crippen LogP contribution is -2.31. The normalized spacial score (nSPS) is 11.9. The van der Waals surface area contributed by atoms with E-state index in [1.165, 1.54) is 11.6 Å². The quantitative estimate of drug-likeness (QED) is 0.705. The highest BCUT2D eigenvalue weighted by molar-refractivity contribution is 5.88. The van der Waals surface area contributed by atoms with Crippen molar-refractivity contribution in [2.75, 3.05) is 11.9 Å². The standard InChI is InChI=1S/C19H19N3O4/c1-13(23)21-15-6-8-17(9-7-15)26-12-16(24)11-22-19(25)18-5-3-2-4-14(18)10-20-22/h2-10,16,24H,11-12H2,1H3,(H,21,23)/t16-/m0/s1. The van der Waals surface area contributed by atoms with Crippen LogP contribution >= 0.6 is 0 Å². The molecule has 26 heavy (non-hydrogen) atoms. The lowest BCUT2D eigenvalue weighted by Gasteiger charge is -2.14. The summed E-state index contributed by atoms with van der Waals surface area (Å²) in [7, 11) is 0. The van der Waals surface area contributed by atoms with Gasteiger partial charge in [-0.25, -0.2) is 4.68 Å². The zero-order valence-electron chi connectivity index (χ0n) is 14.3. The van der Waals surface area contributed by atoms with Gasteiger partial charge in [0.25, 0.3) is 5.56 Å². The van der Waals surface area contributed by atoms with Crippen LogP contribution in [0.5, 0.6) is 5.75 Å². The number of carbonyl (C=O) groups is 1. The van der Waals surface area contributed by atoms with Gasteiger partial charge in [0, 0.05) is 18.0 Å². The Labute approximate surface area is 149 Å². The van der Waals surface area contributed by atoms with E-state index in [0.717, 1.165) is 5.39 Å². The summed E-state index contributed by atoms with van der Waals surface area (Å²) in [5, 5.41) is 18.2. The van der Waals surface area contributed by atoms with Crippen molar-refractivity contribution in [1.29, 1.82) is 0 Å². The van der Waals surface area contributed by atoms with Gasteiger partial charge in [-0.3, -0.25) is 9.59 Å². The molecule has 134 valence electrons. The fraction of sp³-hybridized carbons (Fsp3) is 0.211. The fourth-order valence-electron chi connectivity index (χ4n) is 2.54. The number of hydrogen-bond acceptors (Lipinski definition) is 5. The molecule has 1 heterocycles. The van der Waals surface area contributed by atoms with Crippen LogP contribution in [0.15, 0.2) is 59.5 Å². The van der Waals surface area contributed by atoms with Crippen LogP contribution in [0.4, 0.5) is 5.69 Å². The van der Waals surface area contributed by atoms with Crippen LogP contribution in [0.1, 0.15) is 6.92 Å². The van der Waals surface area contributed by atoms with Crippen LogP contribution in [-0.2, 0) is 11.3 Å². The first-order valence-corrected chi connectivity index (χ1v) is 8.16. The molecule has 2 N–H and O–H groups in total. The van der Waals surface area contributed by atoms with Gasteiger partial charge in [0.15, 0.2) is 0 Å². The predicted molar refractivity (Wildman–Crippen MR) is 98.3 cm³/mol. The number of carbonyl (C=O) groups excluding carboxylic acids is 1. The van der Waals surface area contributed by atoms with Crippen LogP contribution in [-0.4, -0.2) is 33.5 Å². The van der Waals surface area contributed by atoms with Crippen molar-refractivity contribution in [1.82, 2.24) is 9.78 Å². The molecule has 0 saturated heterocycles. The third-order valence-corrected chi connectivity index (χ3v) is 3.76. The van der Waals surface area contributed by atoms with E-state index >= 15 is 0 Å². The molecular weight excluding hydrogens is 334 g/mol. The van der Waals surface area contributed by atoms with E-state index in [1.54, 1.807) is 42.6 Å². The molecule has 0 fully saturated rings. The highest BCUT2D eigenvalue weighted by Crippen LogP contribution is 2.16. The first kappa shape index (κ1) is 17.6. The van der Waals surface area contributed by atoms with E-state index in [4.69, 9.17) is 4.74 Å². The van der Waals surface area contributed by atoms with Crippen LogP contribution in [0.25, 0.3) is 10.8 Å². The van der Waals surface area contributed by atoms with Crippen molar-refractivity contribution in [3.05, 3.63) is 65.1 Å². The van der Waals surface area contributed by atoms with Crippen LogP contribution in [0.2, 0.25) is 0 Å². The Morgan fingerprint density at radius 3 is 2.69 bits per heavy atom. The van der Waals surface area contributed by atoms with Gasteiger partial charge in [0.1, 0.15) is 18.5 Å². The largest absolute Gasteiger partial charge is 0.491 e. The number of ether oxygens (including phenoxy) is 1. The Kier molecular flexibility index (Phi) is 5.28. The van der Waals surface area contributed by atoms with Crippen molar-refractivity contribution < 1.29 is 14.6 Å². The van der Waals surface area contributed by atoms with Gasteiger partial charge >= 0.3 is 0 Å². The molecule has 0 spiro atoms. The average Bonchev–Trinajstić information content (AvgIpc) is 2.63. The van der Waals surface area contributed by atoms with Gasteiger partial charge in [0.05, 0.1) is 18.1 Å². The minimum Gasteiger partial charge on any atom is -0.491 e. The molecule has 0 saturated carbocycles. The van der Waals surface area contributed by atoms with Gasteiger partial charge in [-0.2, -0.15) is 5.10 Å². The molecule has 0 aliphatic carbocycles. The molecule has 2 aromatic carbocycles. The van der Waals surface area contributed by atoms with E-state index in [1.807, 2.05) is 12.1 Å². The number of fused-ring (bicyclic) bond motifs is 1. The molecule has 1 amide bonds. The second kappa shape index (κ2) is 7.79. The van der Waals surface area contributed by atoms with Crippen molar-refractivity contribution in [2.24, 2.45) is 0 Å². The average molecular weight is 353 g/mol. The monoisotopic (exact) mass is 353 g/mol. The third kappa shape index (κ3) is 4.25. The topological polar surface area (TPSA) is 93.4 Å². The number of amides is 1. The Hall–Kier alpha value is -3.19. The Morgan fingerprint density at radius 1 is 1.23 bits per heavy atom. The first-order chi connectivity index (χ1) is 12.5. The zero-order valence-corrected chi connectivity index (χ0v) is 14.3. The minimum atomic E-state index is -0.892. The Balaban J connectivity index is 1.61. The van der Waals surface area contributed by atoms with Crippen LogP contribution < -0.4 is 15.6 Å². The maximum absolute atomic E-state index is 12.4. The molecule has 0 bridgehead atoms. The molecule has 0 radical (unpaired) electrons. The molecule has 0 aliphatic heterocycles. The summed E-state index contributed by atoms with van der Waals surface area (Å²) in [5.74, 6) is 0.402. The third-order valence-electron chi connectivity index (χ3n) is 3.76. The van der Waals surface area contributed by atoms with E-state index < -0.39 is 6.10 Å². The number of hydrogen-bond donors (Lipinski definition) is 2. The highest BCUT2D eigenvalue weighted by Gasteiger charge is 2.10. The van der Waals surface area contributed by atoms with Gasteiger partial charge in [-0.05, 0) is 30.3 Å². The van der Waals surface area contributed by atoms with Gasteiger partial charge in [-0.15, -0.1) is 0 Å². The number of nitrogens with one attached hydrogen (secondary N) is 1. The SMILES string of the molecule is CC(=O)Nc1ccc(OC[C@@H](O)Cn2ncc3ccccc3c2=O)cc1. The molecule has 1 atom stereocenters. The molecule has 1 aromatic heterocycles. The van der Waals surface area contributed by atoms with Crippen LogP contribution in [0, 0.1) is 0 Å². The second-order valence-electron chi connectivity index (χ2n) is 5.89. The van der Waals surface area contributed by atoms with E-state index in [9.17, 15) is 14.7 Å². The molecule has 7 heteroatoms. The lowest BCUT2D eigenvalue weighted by atomic mass is 10.2. The first-order valence-electron chi connectivity index (χ1n) is 8.16. The Morgan fingerprint density at radius 2 is 1.96 bits per heavy atom. The van der Waals surface area contributed by atoms with Gasteiger partial charge < -0.3 is 15.2 Å². The Bertz CT molecular complexity index is 966. The summed E-state index contributed by atoms with van der Waals surface area (Å²) in [4.78, 5) is 23.4. The summed E-state index contributed by atoms with van der Waals surface area (Å²) >= 11 is 0. The number of aliphatic hydroxyl groups is 1. The molecule has 3 rings (SSSR count). The van der Waals surface area contributed by atoms with Crippen molar-refractivity contribution in [3.8, 4) is 5.75 Å². The maximum Gasteiger partial charge on any atom is 0.274 e. The lowest BCUT2D eigenvalue weighted by molar-refractivity contribution is -0.114. The fourth-order valence-corrected chi connectivity index (χ4v) is 2.54. The zero-order chi connectivity index (χ0) is 18.5. The number of anilines is 1. The number of rotatable bonds is 6. The van der Waals surface area contributed by atoms with E-state index in [2.05, 4.69) is 10.4 Å². The number of aromatic nitrogens is 2. The van der Waals surface area contributed by atoms with E-state index in [-0.39, 0.29) is 24.6 Å². The highest BCUT2D eigenvalue weighted by atomic mass is 16.5. The molecule has 7 nitrogen and oxygen atoms in total. The maximum atomic E-state index is 12.4. The molecule has 0 unspecified atom stereocenters. The second-order valence-corrected chi connectivity index (χ2v) is 5.89. The van der Waals surface area contributed by atoms with Crippen molar-refractivity contribution in [2.45, 2.75) is 19.6 Å². The predicted octanol–water partition coefficient (Wildman–Crippen LogP) is 1.79. The van der Waals surface area contributed by atoms with E-state index in [0.29, 0.717) is 16.8 Å². The van der Waals surface area contributed by atoms with Gasteiger partial charge in [-0.1, -0.05) is 18.2 Å². The molecule has 0 aliphatic rings. The van der Waals surface area contributed by atoms with Crippen LogP contribution in [0.3, 0.4) is 0 Å². The smallest absolute Gasteiger partial charge is 0.274 e. The minimum absolute atomic E-state index is 0.0143. The van der Waals surface area contributed by atoms with Crippen molar-refractivity contribution in [3.63, 3.8) is 0 Å². The molecular formula is C19H19N3O4. The summed E-state index contributed by atoms with van der Waals surface area (Å²) in [6, 6.07) is 14.0. The summed E-state index contributed by atoms with van der Waals surface area (Å²) in [6.45, 7) is 1.48. The van der Waals surface area contributed by atoms with Crippen molar-refractivity contribution >= 4 is 22.4 Å².